The van der Waals surface area contributed by atoms with Crippen LogP contribution in [0.3, 0.4) is 0 Å². The third kappa shape index (κ3) is 5.18. The number of anilines is 1. The molecule has 0 radical (unpaired) electrons. The minimum Gasteiger partial charge on any atom is -0.258 e. The average Bonchev–Trinajstić information content (AvgIpc) is 2.80. The van der Waals surface area contributed by atoms with Crippen LogP contribution in [-0.2, 0) is 0 Å². The van der Waals surface area contributed by atoms with Crippen molar-refractivity contribution in [3.05, 3.63) is 105 Å². The molecule has 0 aliphatic heterocycles. The number of nitro benzene ring substituents is 1. The minimum atomic E-state index is -0.443. The Balaban J connectivity index is 1.66. The molecule has 152 valence electrons. The first kappa shape index (κ1) is 20.4. The van der Waals surface area contributed by atoms with Crippen molar-refractivity contribution >= 4 is 33.8 Å². The van der Waals surface area contributed by atoms with Gasteiger partial charge >= 0.3 is 0 Å². The molecule has 4 aromatic rings. The highest BCUT2D eigenvalue weighted by atomic mass is 79.9. The zero-order chi connectivity index (χ0) is 21.6. The van der Waals surface area contributed by atoms with Crippen LogP contribution in [-0.4, -0.2) is 21.1 Å². The lowest BCUT2D eigenvalue weighted by Crippen LogP contribution is -2.00. The van der Waals surface area contributed by atoms with E-state index in [0.29, 0.717) is 11.5 Å². The molecule has 0 amide bonds. The van der Waals surface area contributed by atoms with Crippen LogP contribution in [0.4, 0.5) is 11.6 Å². The maximum Gasteiger partial charge on any atom is 0.270 e. The van der Waals surface area contributed by atoms with E-state index < -0.39 is 4.92 Å². The molecule has 3 aromatic carbocycles. The Bertz CT molecular complexity index is 1240. The second-order valence-corrected chi connectivity index (χ2v) is 7.47. The molecular weight excluding hydrogens is 458 g/mol. The molecule has 1 aromatic heterocycles. The SMILES string of the molecule is O=[N+]([O-])c1cccc(C=NNc2nc(-c3ccccc3)cc(-c3ccc(Br)cc3)n2)c1. The normalized spacial score (nSPS) is 10.9. The summed E-state index contributed by atoms with van der Waals surface area (Å²) in [6, 6.07) is 25.8. The van der Waals surface area contributed by atoms with Crippen LogP contribution in [0.25, 0.3) is 22.5 Å². The molecule has 4 rings (SSSR count). The molecule has 7 nitrogen and oxygen atoms in total. The number of hydrogen-bond acceptors (Lipinski definition) is 6. The second-order valence-electron chi connectivity index (χ2n) is 6.56. The Morgan fingerprint density at radius 2 is 1.55 bits per heavy atom. The van der Waals surface area contributed by atoms with E-state index in [1.54, 1.807) is 12.1 Å². The van der Waals surface area contributed by atoms with E-state index in [9.17, 15) is 10.1 Å². The molecule has 0 atom stereocenters. The van der Waals surface area contributed by atoms with Gasteiger partial charge in [0.25, 0.3) is 5.69 Å². The summed E-state index contributed by atoms with van der Waals surface area (Å²) in [5, 5.41) is 15.1. The maximum absolute atomic E-state index is 10.9. The molecule has 1 heterocycles. The van der Waals surface area contributed by atoms with Gasteiger partial charge in [0.15, 0.2) is 0 Å². The van der Waals surface area contributed by atoms with E-state index in [0.717, 1.165) is 27.0 Å². The quantitative estimate of drug-likeness (QED) is 0.213. The van der Waals surface area contributed by atoms with Crippen LogP contribution >= 0.6 is 15.9 Å². The number of benzene rings is 3. The van der Waals surface area contributed by atoms with Crippen LogP contribution in [0.1, 0.15) is 5.56 Å². The van der Waals surface area contributed by atoms with Crippen LogP contribution in [0, 0.1) is 10.1 Å². The molecule has 0 fully saturated rings. The van der Waals surface area contributed by atoms with Gasteiger partial charge in [-0.1, -0.05) is 70.5 Å². The van der Waals surface area contributed by atoms with Crippen LogP contribution in [0.5, 0.6) is 0 Å². The Kier molecular flexibility index (Phi) is 6.09. The number of hydrazone groups is 1. The number of nitrogens with zero attached hydrogens (tertiary/aromatic N) is 4. The third-order valence-corrected chi connectivity index (χ3v) is 4.92. The zero-order valence-corrected chi connectivity index (χ0v) is 17.7. The van der Waals surface area contributed by atoms with E-state index in [2.05, 4.69) is 36.4 Å². The summed E-state index contributed by atoms with van der Waals surface area (Å²) in [5.41, 5.74) is 6.82. The van der Waals surface area contributed by atoms with E-state index in [4.69, 9.17) is 0 Å². The Morgan fingerprint density at radius 3 is 2.23 bits per heavy atom. The largest absolute Gasteiger partial charge is 0.270 e. The van der Waals surface area contributed by atoms with Crippen molar-refractivity contribution in [2.45, 2.75) is 0 Å². The number of halogens is 1. The third-order valence-electron chi connectivity index (χ3n) is 4.39. The number of non-ortho nitro benzene ring substituents is 1. The van der Waals surface area contributed by atoms with Crippen molar-refractivity contribution in [2.75, 3.05) is 5.43 Å². The summed E-state index contributed by atoms with van der Waals surface area (Å²) in [6.07, 6.45) is 1.49. The maximum atomic E-state index is 10.9. The molecule has 1 N–H and O–H groups in total. The lowest BCUT2D eigenvalue weighted by Gasteiger charge is -2.08. The van der Waals surface area contributed by atoms with Crippen molar-refractivity contribution in [1.82, 2.24) is 9.97 Å². The number of nitro groups is 1. The highest BCUT2D eigenvalue weighted by Crippen LogP contribution is 2.26. The van der Waals surface area contributed by atoms with Gasteiger partial charge in [0.05, 0.1) is 22.5 Å². The van der Waals surface area contributed by atoms with Crippen molar-refractivity contribution in [1.29, 1.82) is 0 Å². The Morgan fingerprint density at radius 1 is 0.871 bits per heavy atom. The first-order valence-corrected chi connectivity index (χ1v) is 10.1. The van der Waals surface area contributed by atoms with Crippen LogP contribution < -0.4 is 5.43 Å². The van der Waals surface area contributed by atoms with Gasteiger partial charge in [0, 0.05) is 33.3 Å². The highest BCUT2D eigenvalue weighted by molar-refractivity contribution is 9.10. The Labute approximate surface area is 186 Å². The van der Waals surface area contributed by atoms with E-state index in [-0.39, 0.29) is 5.69 Å². The van der Waals surface area contributed by atoms with Crippen LogP contribution in [0.2, 0.25) is 0 Å². The van der Waals surface area contributed by atoms with Gasteiger partial charge in [0.2, 0.25) is 5.95 Å². The van der Waals surface area contributed by atoms with E-state index in [1.807, 2.05) is 60.7 Å². The first-order chi connectivity index (χ1) is 15.1. The number of aromatic nitrogens is 2. The number of hydrogen-bond donors (Lipinski definition) is 1. The van der Waals surface area contributed by atoms with Gasteiger partial charge in [-0.2, -0.15) is 5.10 Å². The lowest BCUT2D eigenvalue weighted by molar-refractivity contribution is -0.384. The molecule has 0 aliphatic rings. The fourth-order valence-electron chi connectivity index (χ4n) is 2.91. The molecule has 0 unspecified atom stereocenters. The van der Waals surface area contributed by atoms with Gasteiger partial charge < -0.3 is 0 Å². The summed E-state index contributed by atoms with van der Waals surface area (Å²) in [7, 11) is 0. The summed E-state index contributed by atoms with van der Waals surface area (Å²) in [6.45, 7) is 0. The summed E-state index contributed by atoms with van der Waals surface area (Å²) in [5.74, 6) is 0.320. The van der Waals surface area contributed by atoms with Gasteiger partial charge in [-0.3, -0.25) is 10.1 Å². The lowest BCUT2D eigenvalue weighted by atomic mass is 10.1. The number of rotatable bonds is 6. The Hall–Kier alpha value is -3.91. The highest BCUT2D eigenvalue weighted by Gasteiger charge is 2.09. The van der Waals surface area contributed by atoms with Crippen molar-refractivity contribution in [3.8, 4) is 22.5 Å². The predicted octanol–water partition coefficient (Wildman–Crippen LogP) is 5.93. The van der Waals surface area contributed by atoms with Gasteiger partial charge in [0.1, 0.15) is 0 Å². The predicted molar refractivity (Wildman–Crippen MR) is 125 cm³/mol. The summed E-state index contributed by atoms with van der Waals surface area (Å²) >= 11 is 3.45. The first-order valence-electron chi connectivity index (χ1n) is 9.32. The molecule has 8 heteroatoms. The number of nitrogens with one attached hydrogen (secondary N) is 1. The summed E-state index contributed by atoms with van der Waals surface area (Å²) < 4.78 is 0.980. The van der Waals surface area contributed by atoms with Gasteiger partial charge in [-0.25, -0.2) is 15.4 Å². The van der Waals surface area contributed by atoms with Crippen molar-refractivity contribution < 1.29 is 4.92 Å². The molecule has 0 aliphatic carbocycles. The average molecular weight is 474 g/mol. The fraction of sp³-hybridized carbons (Fsp3) is 0. The molecule has 0 saturated carbocycles. The van der Waals surface area contributed by atoms with E-state index >= 15 is 0 Å². The molecule has 0 saturated heterocycles. The van der Waals surface area contributed by atoms with Gasteiger partial charge in [-0.15, -0.1) is 0 Å². The molecule has 0 bridgehead atoms. The minimum absolute atomic E-state index is 0.00352. The summed E-state index contributed by atoms with van der Waals surface area (Å²) in [4.78, 5) is 19.6. The monoisotopic (exact) mass is 473 g/mol. The standard InChI is InChI=1S/C23H16BrN5O2/c24-19-11-9-18(10-12-19)22-14-21(17-6-2-1-3-7-17)26-23(27-22)28-25-15-16-5-4-8-20(13-16)29(30)31/h1-15H,(H,26,27,28). The van der Waals surface area contributed by atoms with Crippen molar-refractivity contribution in [2.24, 2.45) is 5.10 Å². The molecular formula is C23H16BrN5O2. The second kappa shape index (κ2) is 9.27. The van der Waals surface area contributed by atoms with Crippen molar-refractivity contribution in [3.63, 3.8) is 0 Å². The smallest absolute Gasteiger partial charge is 0.258 e. The topological polar surface area (TPSA) is 93.3 Å². The fourth-order valence-corrected chi connectivity index (χ4v) is 3.17. The molecule has 31 heavy (non-hydrogen) atoms. The van der Waals surface area contributed by atoms with Gasteiger partial charge in [-0.05, 0) is 18.2 Å². The zero-order valence-electron chi connectivity index (χ0n) is 16.1. The molecule has 0 spiro atoms. The van der Waals surface area contributed by atoms with Crippen LogP contribution in [0.15, 0.2) is 94.5 Å². The van der Waals surface area contributed by atoms with E-state index in [1.165, 1.54) is 18.3 Å².